The monoisotopic (exact) mass is 309 g/mol. The summed E-state index contributed by atoms with van der Waals surface area (Å²) in [5.41, 5.74) is 3.12. The van der Waals surface area contributed by atoms with Crippen LogP contribution in [0.2, 0.25) is 0 Å². The first-order valence-electron chi connectivity index (χ1n) is 7.33. The number of anilines is 1. The summed E-state index contributed by atoms with van der Waals surface area (Å²) in [6, 6.07) is 7.02. The molecule has 2 aromatic rings. The van der Waals surface area contributed by atoms with Gasteiger partial charge in [0.25, 0.3) is 0 Å². The maximum absolute atomic E-state index is 13.6. The Hall–Kier alpha value is -1.39. The van der Waals surface area contributed by atoms with Crippen molar-refractivity contribution in [3.63, 3.8) is 0 Å². The molecule has 1 N–H and O–H groups in total. The standard InChI is InChI=1S/C16H20FN3.ClH/c1-2-3-13-11-16(20-8-6-18-7-9-20)14-10-12(17)4-5-15(14)19-13;/h4-5,10-11,18H,2-3,6-9H2,1H3;1H. The molecule has 0 atom stereocenters. The van der Waals surface area contributed by atoms with Crippen LogP contribution in [-0.4, -0.2) is 31.2 Å². The Labute approximate surface area is 131 Å². The van der Waals surface area contributed by atoms with Gasteiger partial charge in [0.1, 0.15) is 5.82 Å². The zero-order chi connectivity index (χ0) is 13.9. The van der Waals surface area contributed by atoms with Gasteiger partial charge in [-0.2, -0.15) is 0 Å². The quantitative estimate of drug-likeness (QED) is 0.944. The van der Waals surface area contributed by atoms with E-state index >= 15 is 0 Å². The number of halogens is 2. The molecule has 114 valence electrons. The first-order valence-corrected chi connectivity index (χ1v) is 7.33. The molecule has 2 heterocycles. The topological polar surface area (TPSA) is 28.2 Å². The van der Waals surface area contributed by atoms with Crippen LogP contribution in [0.3, 0.4) is 0 Å². The van der Waals surface area contributed by atoms with Crippen LogP contribution in [0.15, 0.2) is 24.3 Å². The molecule has 1 fully saturated rings. The second-order valence-electron chi connectivity index (χ2n) is 5.28. The third kappa shape index (κ3) is 3.44. The highest BCUT2D eigenvalue weighted by molar-refractivity contribution is 5.92. The van der Waals surface area contributed by atoms with Crippen molar-refractivity contribution >= 4 is 29.0 Å². The average Bonchev–Trinajstić information content (AvgIpc) is 2.48. The van der Waals surface area contributed by atoms with Gasteiger partial charge in [-0.3, -0.25) is 4.98 Å². The lowest BCUT2D eigenvalue weighted by Gasteiger charge is -2.30. The molecule has 1 saturated heterocycles. The van der Waals surface area contributed by atoms with Crippen molar-refractivity contribution in [2.24, 2.45) is 0 Å². The fourth-order valence-electron chi connectivity index (χ4n) is 2.79. The van der Waals surface area contributed by atoms with Crippen molar-refractivity contribution in [1.29, 1.82) is 0 Å². The van der Waals surface area contributed by atoms with Crippen LogP contribution < -0.4 is 10.2 Å². The summed E-state index contributed by atoms with van der Waals surface area (Å²) in [5.74, 6) is -0.195. The van der Waals surface area contributed by atoms with Crippen LogP contribution in [-0.2, 0) is 6.42 Å². The molecular formula is C16H21ClFN3. The van der Waals surface area contributed by atoms with E-state index in [4.69, 9.17) is 0 Å². The van der Waals surface area contributed by atoms with Gasteiger partial charge in [-0.1, -0.05) is 13.3 Å². The molecule has 0 bridgehead atoms. The van der Waals surface area contributed by atoms with Gasteiger partial charge in [-0.15, -0.1) is 12.4 Å². The van der Waals surface area contributed by atoms with Gasteiger partial charge in [0.15, 0.2) is 0 Å². The molecule has 3 rings (SSSR count). The number of rotatable bonds is 3. The lowest BCUT2D eigenvalue weighted by Crippen LogP contribution is -2.43. The smallest absolute Gasteiger partial charge is 0.124 e. The Balaban J connectivity index is 0.00000161. The van der Waals surface area contributed by atoms with Crippen molar-refractivity contribution in [3.05, 3.63) is 35.8 Å². The third-order valence-electron chi connectivity index (χ3n) is 3.77. The molecule has 0 spiro atoms. The fraction of sp³-hybridized carbons (Fsp3) is 0.438. The predicted molar refractivity (Wildman–Crippen MR) is 88.0 cm³/mol. The Morgan fingerprint density at radius 1 is 1.24 bits per heavy atom. The largest absolute Gasteiger partial charge is 0.368 e. The lowest BCUT2D eigenvalue weighted by molar-refractivity contribution is 0.589. The molecule has 21 heavy (non-hydrogen) atoms. The molecule has 0 amide bonds. The molecule has 1 aromatic heterocycles. The molecule has 0 unspecified atom stereocenters. The van der Waals surface area contributed by atoms with Crippen molar-refractivity contribution in [2.75, 3.05) is 31.1 Å². The maximum atomic E-state index is 13.6. The Bertz CT molecular complexity index is 612. The van der Waals surface area contributed by atoms with Crippen molar-refractivity contribution in [3.8, 4) is 0 Å². The van der Waals surface area contributed by atoms with E-state index in [1.54, 1.807) is 12.1 Å². The first kappa shape index (κ1) is 16.0. The number of aromatic nitrogens is 1. The Morgan fingerprint density at radius 3 is 2.71 bits per heavy atom. The van der Waals surface area contributed by atoms with Crippen molar-refractivity contribution < 1.29 is 4.39 Å². The second kappa shape index (κ2) is 7.05. The summed E-state index contributed by atoms with van der Waals surface area (Å²) in [6.07, 6.45) is 2.03. The van der Waals surface area contributed by atoms with Crippen LogP contribution in [0.5, 0.6) is 0 Å². The number of aryl methyl sites for hydroxylation is 1. The number of nitrogens with zero attached hydrogens (tertiary/aromatic N) is 2. The Kier molecular flexibility index (Phi) is 5.37. The highest BCUT2D eigenvalue weighted by atomic mass is 35.5. The SMILES string of the molecule is CCCc1cc(N2CCNCC2)c2cc(F)ccc2n1.Cl. The van der Waals surface area contributed by atoms with E-state index in [2.05, 4.69) is 28.2 Å². The van der Waals surface area contributed by atoms with Crippen molar-refractivity contribution in [1.82, 2.24) is 10.3 Å². The summed E-state index contributed by atoms with van der Waals surface area (Å²) in [4.78, 5) is 6.99. The van der Waals surface area contributed by atoms with Crippen LogP contribution >= 0.6 is 12.4 Å². The van der Waals surface area contributed by atoms with Gasteiger partial charge in [0, 0.05) is 42.9 Å². The fourth-order valence-corrected chi connectivity index (χ4v) is 2.79. The predicted octanol–water partition coefficient (Wildman–Crippen LogP) is 3.16. The van der Waals surface area contributed by atoms with Gasteiger partial charge in [0.2, 0.25) is 0 Å². The lowest BCUT2D eigenvalue weighted by atomic mass is 10.1. The molecule has 1 aromatic carbocycles. The minimum Gasteiger partial charge on any atom is -0.368 e. The normalized spacial score (nSPS) is 15.0. The minimum atomic E-state index is -0.195. The molecular weight excluding hydrogens is 289 g/mol. The van der Waals surface area contributed by atoms with E-state index in [1.807, 2.05) is 0 Å². The van der Waals surface area contributed by atoms with Gasteiger partial charge in [0.05, 0.1) is 5.52 Å². The van der Waals surface area contributed by atoms with Crippen LogP contribution in [0, 0.1) is 5.82 Å². The van der Waals surface area contributed by atoms with E-state index in [9.17, 15) is 4.39 Å². The van der Waals surface area contributed by atoms with Gasteiger partial charge in [-0.05, 0) is 30.7 Å². The third-order valence-corrected chi connectivity index (χ3v) is 3.77. The molecule has 1 aliphatic rings. The number of hydrogen-bond acceptors (Lipinski definition) is 3. The summed E-state index contributed by atoms with van der Waals surface area (Å²) in [6.45, 7) is 6.02. The number of benzene rings is 1. The summed E-state index contributed by atoms with van der Waals surface area (Å²) < 4.78 is 13.6. The number of piperazine rings is 1. The van der Waals surface area contributed by atoms with E-state index in [0.717, 1.165) is 61.3 Å². The van der Waals surface area contributed by atoms with Gasteiger partial charge >= 0.3 is 0 Å². The zero-order valence-electron chi connectivity index (χ0n) is 12.2. The minimum absolute atomic E-state index is 0. The zero-order valence-corrected chi connectivity index (χ0v) is 13.0. The molecule has 0 radical (unpaired) electrons. The van der Waals surface area contributed by atoms with Gasteiger partial charge in [-0.25, -0.2) is 4.39 Å². The summed E-state index contributed by atoms with van der Waals surface area (Å²) in [5, 5.41) is 4.28. The highest BCUT2D eigenvalue weighted by Crippen LogP contribution is 2.28. The molecule has 0 saturated carbocycles. The van der Waals surface area contributed by atoms with E-state index in [1.165, 1.54) is 6.07 Å². The number of nitrogens with one attached hydrogen (secondary N) is 1. The van der Waals surface area contributed by atoms with E-state index < -0.39 is 0 Å². The number of pyridine rings is 1. The molecule has 0 aliphatic carbocycles. The molecule has 1 aliphatic heterocycles. The molecule has 5 heteroatoms. The summed E-state index contributed by atoms with van der Waals surface area (Å²) in [7, 11) is 0. The second-order valence-corrected chi connectivity index (χ2v) is 5.28. The average molecular weight is 310 g/mol. The Morgan fingerprint density at radius 2 is 2.00 bits per heavy atom. The van der Waals surface area contributed by atoms with Crippen LogP contribution in [0.1, 0.15) is 19.0 Å². The number of hydrogen-bond donors (Lipinski definition) is 1. The highest BCUT2D eigenvalue weighted by Gasteiger charge is 2.15. The van der Waals surface area contributed by atoms with Crippen molar-refractivity contribution in [2.45, 2.75) is 19.8 Å². The van der Waals surface area contributed by atoms with E-state index in [0.29, 0.717) is 0 Å². The van der Waals surface area contributed by atoms with Gasteiger partial charge < -0.3 is 10.2 Å². The number of fused-ring (bicyclic) bond motifs is 1. The summed E-state index contributed by atoms with van der Waals surface area (Å²) >= 11 is 0. The van der Waals surface area contributed by atoms with Crippen LogP contribution in [0.4, 0.5) is 10.1 Å². The maximum Gasteiger partial charge on any atom is 0.124 e. The van der Waals surface area contributed by atoms with Crippen LogP contribution in [0.25, 0.3) is 10.9 Å². The first-order chi connectivity index (χ1) is 9.78. The molecule has 3 nitrogen and oxygen atoms in total. The van der Waals surface area contributed by atoms with E-state index in [-0.39, 0.29) is 18.2 Å².